The molecule has 5 heteroatoms. The zero-order chi connectivity index (χ0) is 15.6. The number of hydrogen-bond donors (Lipinski definition) is 1. The van der Waals surface area contributed by atoms with Gasteiger partial charge in [0.2, 0.25) is 0 Å². The van der Waals surface area contributed by atoms with Crippen molar-refractivity contribution < 1.29 is 9.53 Å². The van der Waals surface area contributed by atoms with Gasteiger partial charge in [-0.25, -0.2) is 0 Å². The largest absolute Gasteiger partial charge is 0.459 e. The molecule has 0 bridgehead atoms. The minimum Gasteiger partial charge on any atom is -0.459 e. The van der Waals surface area contributed by atoms with Crippen molar-refractivity contribution in [3.05, 3.63) is 36.2 Å². The number of benzene rings is 1. The number of hydrogen-bond acceptors (Lipinski definition) is 4. The van der Waals surface area contributed by atoms with Gasteiger partial charge >= 0.3 is 5.97 Å². The summed E-state index contributed by atoms with van der Waals surface area (Å²) in [4.78, 5) is 11.8. The van der Waals surface area contributed by atoms with Crippen LogP contribution in [0.5, 0.6) is 0 Å². The predicted octanol–water partition coefficient (Wildman–Crippen LogP) is 2.78. The van der Waals surface area contributed by atoms with Gasteiger partial charge in [0, 0.05) is 17.4 Å². The lowest BCUT2D eigenvalue weighted by atomic mass is 10.1. The minimum absolute atomic E-state index is 0.0958. The summed E-state index contributed by atoms with van der Waals surface area (Å²) in [7, 11) is 0. The van der Waals surface area contributed by atoms with E-state index in [0.717, 1.165) is 22.4 Å². The van der Waals surface area contributed by atoms with E-state index >= 15 is 0 Å². The first-order valence-electron chi connectivity index (χ1n) is 6.85. The lowest BCUT2D eigenvalue weighted by molar-refractivity contribution is -0.155. The Morgan fingerprint density at radius 2 is 2.05 bits per heavy atom. The smallest absolute Gasteiger partial charge is 0.328 e. The van der Waals surface area contributed by atoms with E-state index < -0.39 is 5.60 Å². The van der Waals surface area contributed by atoms with Gasteiger partial charge in [0.25, 0.3) is 0 Å². The fourth-order valence-electron chi connectivity index (χ4n) is 1.93. The molecule has 112 valence electrons. The van der Waals surface area contributed by atoms with Crippen LogP contribution in [0.15, 0.2) is 30.6 Å². The normalized spacial score (nSPS) is 11.4. The first kappa shape index (κ1) is 15.1. The molecule has 0 amide bonds. The third-order valence-electron chi connectivity index (χ3n) is 2.96. The van der Waals surface area contributed by atoms with Crippen LogP contribution in [0.1, 0.15) is 26.3 Å². The molecule has 0 spiro atoms. The third kappa shape index (κ3) is 4.08. The summed E-state index contributed by atoms with van der Waals surface area (Å²) < 4.78 is 6.84. The molecule has 1 aromatic heterocycles. The number of nitrogens with two attached hydrogens (primary N) is 1. The zero-order valence-corrected chi connectivity index (χ0v) is 12.9. The lowest BCUT2D eigenvalue weighted by Gasteiger charge is -2.19. The standard InChI is InChI=1S/C16H21N3O2/c1-11-5-6-12(7-14(11)17)13-8-18-19(9-13)10-15(20)21-16(2,3)4/h5-9H,10,17H2,1-4H3. The third-order valence-corrected chi connectivity index (χ3v) is 2.96. The highest BCUT2D eigenvalue weighted by Gasteiger charge is 2.17. The first-order valence-corrected chi connectivity index (χ1v) is 6.85. The highest BCUT2D eigenvalue weighted by Crippen LogP contribution is 2.23. The Morgan fingerprint density at radius 3 is 2.67 bits per heavy atom. The Morgan fingerprint density at radius 1 is 1.33 bits per heavy atom. The highest BCUT2D eigenvalue weighted by atomic mass is 16.6. The Bertz CT molecular complexity index is 654. The van der Waals surface area contributed by atoms with Crippen molar-refractivity contribution in [1.82, 2.24) is 9.78 Å². The summed E-state index contributed by atoms with van der Waals surface area (Å²) in [6, 6.07) is 5.86. The SMILES string of the molecule is Cc1ccc(-c2cnn(CC(=O)OC(C)(C)C)c2)cc1N. The maximum absolute atomic E-state index is 11.8. The Labute approximate surface area is 124 Å². The molecule has 0 aliphatic heterocycles. The molecule has 0 fully saturated rings. The lowest BCUT2D eigenvalue weighted by Crippen LogP contribution is -2.26. The fourth-order valence-corrected chi connectivity index (χ4v) is 1.93. The summed E-state index contributed by atoms with van der Waals surface area (Å²) in [5.74, 6) is -0.305. The molecule has 0 saturated heterocycles. The first-order chi connectivity index (χ1) is 9.74. The molecule has 0 aliphatic rings. The van der Waals surface area contributed by atoms with Gasteiger partial charge in [-0.2, -0.15) is 5.10 Å². The van der Waals surface area contributed by atoms with Gasteiger partial charge in [-0.15, -0.1) is 0 Å². The van der Waals surface area contributed by atoms with Gasteiger partial charge in [0.15, 0.2) is 0 Å². The number of carbonyl (C=O) groups is 1. The van der Waals surface area contributed by atoms with E-state index in [0.29, 0.717) is 0 Å². The number of esters is 1. The number of aryl methyl sites for hydroxylation is 1. The summed E-state index contributed by atoms with van der Waals surface area (Å²) in [5, 5.41) is 4.19. The minimum atomic E-state index is -0.488. The van der Waals surface area contributed by atoms with Gasteiger partial charge in [-0.3, -0.25) is 9.48 Å². The van der Waals surface area contributed by atoms with E-state index in [1.807, 2.05) is 52.1 Å². The van der Waals surface area contributed by atoms with E-state index in [1.165, 1.54) is 0 Å². The van der Waals surface area contributed by atoms with Crippen LogP contribution in [0.2, 0.25) is 0 Å². The number of ether oxygens (including phenoxy) is 1. The van der Waals surface area contributed by atoms with Crippen LogP contribution in [0, 0.1) is 6.92 Å². The van der Waals surface area contributed by atoms with Crippen molar-refractivity contribution in [1.29, 1.82) is 0 Å². The van der Waals surface area contributed by atoms with Crippen LogP contribution < -0.4 is 5.73 Å². The number of anilines is 1. The van der Waals surface area contributed by atoms with Crippen molar-refractivity contribution in [2.75, 3.05) is 5.73 Å². The van der Waals surface area contributed by atoms with Gasteiger partial charge in [0.05, 0.1) is 6.20 Å². The van der Waals surface area contributed by atoms with E-state index in [4.69, 9.17) is 10.5 Å². The van der Waals surface area contributed by atoms with E-state index in [9.17, 15) is 4.79 Å². The van der Waals surface area contributed by atoms with Crippen molar-refractivity contribution in [3.63, 3.8) is 0 Å². The van der Waals surface area contributed by atoms with Gasteiger partial charge in [0.1, 0.15) is 12.1 Å². The molecule has 0 radical (unpaired) electrons. The Kier molecular flexibility index (Phi) is 4.02. The van der Waals surface area contributed by atoms with Crippen molar-refractivity contribution in [2.45, 2.75) is 39.8 Å². The molecule has 1 aromatic carbocycles. The molecular weight excluding hydrogens is 266 g/mol. The second kappa shape index (κ2) is 5.60. The summed E-state index contributed by atoms with van der Waals surface area (Å²) in [5.41, 5.74) is 9.11. The Balaban J connectivity index is 2.11. The molecule has 1 heterocycles. The van der Waals surface area contributed by atoms with Crippen LogP contribution in [-0.4, -0.2) is 21.4 Å². The summed E-state index contributed by atoms with van der Waals surface area (Å²) in [6.07, 6.45) is 3.53. The quantitative estimate of drug-likeness (QED) is 0.696. The molecule has 5 nitrogen and oxygen atoms in total. The molecule has 0 atom stereocenters. The maximum Gasteiger partial charge on any atom is 0.328 e. The van der Waals surface area contributed by atoms with E-state index in [2.05, 4.69) is 5.10 Å². The maximum atomic E-state index is 11.8. The van der Waals surface area contributed by atoms with Crippen LogP contribution in [-0.2, 0) is 16.1 Å². The van der Waals surface area contributed by atoms with Crippen molar-refractivity contribution in [2.24, 2.45) is 0 Å². The monoisotopic (exact) mass is 287 g/mol. The van der Waals surface area contributed by atoms with Crippen LogP contribution >= 0.6 is 0 Å². The number of nitrogens with zero attached hydrogens (tertiary/aromatic N) is 2. The molecular formula is C16H21N3O2. The van der Waals surface area contributed by atoms with Crippen molar-refractivity contribution >= 4 is 11.7 Å². The van der Waals surface area contributed by atoms with Crippen LogP contribution in [0.25, 0.3) is 11.1 Å². The topological polar surface area (TPSA) is 70.1 Å². The molecule has 2 aromatic rings. The second-order valence-electron chi connectivity index (χ2n) is 6.08. The fraction of sp³-hybridized carbons (Fsp3) is 0.375. The number of rotatable bonds is 3. The number of nitrogen functional groups attached to an aromatic ring is 1. The molecule has 0 aliphatic carbocycles. The molecule has 0 saturated carbocycles. The molecule has 2 rings (SSSR count). The Hall–Kier alpha value is -2.30. The average molecular weight is 287 g/mol. The summed E-state index contributed by atoms with van der Waals surface area (Å²) in [6.45, 7) is 7.58. The van der Waals surface area contributed by atoms with Gasteiger partial charge < -0.3 is 10.5 Å². The molecule has 2 N–H and O–H groups in total. The molecule has 21 heavy (non-hydrogen) atoms. The van der Waals surface area contributed by atoms with Crippen molar-refractivity contribution in [3.8, 4) is 11.1 Å². The summed E-state index contributed by atoms with van der Waals surface area (Å²) >= 11 is 0. The molecule has 0 unspecified atom stereocenters. The average Bonchev–Trinajstić information content (AvgIpc) is 2.78. The van der Waals surface area contributed by atoms with Crippen LogP contribution in [0.4, 0.5) is 5.69 Å². The van der Waals surface area contributed by atoms with Gasteiger partial charge in [-0.05, 0) is 44.9 Å². The van der Waals surface area contributed by atoms with Gasteiger partial charge in [-0.1, -0.05) is 12.1 Å². The second-order valence-corrected chi connectivity index (χ2v) is 6.08. The predicted molar refractivity (Wildman–Crippen MR) is 82.7 cm³/mol. The van der Waals surface area contributed by atoms with E-state index in [1.54, 1.807) is 10.9 Å². The number of aromatic nitrogens is 2. The van der Waals surface area contributed by atoms with Crippen LogP contribution in [0.3, 0.4) is 0 Å². The number of carbonyl (C=O) groups excluding carboxylic acids is 1. The zero-order valence-electron chi connectivity index (χ0n) is 12.9. The highest BCUT2D eigenvalue weighted by molar-refractivity contribution is 5.71. The van der Waals surface area contributed by atoms with E-state index in [-0.39, 0.29) is 12.5 Å².